The zero-order chi connectivity index (χ0) is 18.1. The van der Waals surface area contributed by atoms with Gasteiger partial charge in [-0.3, -0.25) is 9.69 Å². The Morgan fingerprint density at radius 3 is 2.50 bits per heavy atom. The molecule has 0 saturated carbocycles. The van der Waals surface area contributed by atoms with Gasteiger partial charge in [0.1, 0.15) is 0 Å². The number of fused-ring (bicyclic) bond motifs is 1. The van der Waals surface area contributed by atoms with Crippen molar-refractivity contribution in [1.82, 2.24) is 9.47 Å². The van der Waals surface area contributed by atoms with E-state index in [-0.39, 0.29) is 0 Å². The first-order chi connectivity index (χ1) is 12.6. The molecule has 0 N–H and O–H groups in total. The number of anilines is 1. The molecule has 26 heavy (non-hydrogen) atoms. The van der Waals surface area contributed by atoms with Crippen molar-refractivity contribution in [2.24, 2.45) is 0 Å². The maximum absolute atomic E-state index is 12.0. The number of Topliss-reactive ketones (excluding diaryl/α,β-unsaturated/α-hetero) is 1. The third-order valence-electron chi connectivity index (χ3n) is 5.49. The molecule has 1 aliphatic heterocycles. The Morgan fingerprint density at radius 1 is 0.923 bits per heavy atom. The van der Waals surface area contributed by atoms with Crippen LogP contribution in [0.25, 0.3) is 0 Å². The molecule has 6 heteroatoms. The SMILES string of the molecule is O=C1CCCc2c1ccn2CCN1CCN(c2ccc(Cl)c(Cl)c2)CC1. The molecule has 1 aliphatic carbocycles. The van der Waals surface area contributed by atoms with Crippen molar-refractivity contribution in [3.8, 4) is 0 Å². The minimum Gasteiger partial charge on any atom is -0.369 e. The topological polar surface area (TPSA) is 28.5 Å². The number of hydrogen-bond acceptors (Lipinski definition) is 3. The predicted octanol–water partition coefficient (Wildman–Crippen LogP) is 4.14. The fourth-order valence-corrected chi connectivity index (χ4v) is 4.25. The summed E-state index contributed by atoms with van der Waals surface area (Å²) < 4.78 is 2.28. The van der Waals surface area contributed by atoms with Crippen LogP contribution < -0.4 is 4.90 Å². The molecule has 0 unspecified atom stereocenters. The summed E-state index contributed by atoms with van der Waals surface area (Å²) in [7, 11) is 0. The maximum Gasteiger partial charge on any atom is 0.164 e. The van der Waals surface area contributed by atoms with Gasteiger partial charge in [-0.2, -0.15) is 0 Å². The van der Waals surface area contributed by atoms with Gasteiger partial charge in [0.2, 0.25) is 0 Å². The molecule has 0 atom stereocenters. The fraction of sp³-hybridized carbons (Fsp3) is 0.450. The number of rotatable bonds is 4. The minimum absolute atomic E-state index is 0.306. The molecule has 0 bridgehead atoms. The quantitative estimate of drug-likeness (QED) is 0.783. The minimum atomic E-state index is 0.306. The molecule has 2 heterocycles. The Kier molecular flexibility index (Phi) is 5.25. The van der Waals surface area contributed by atoms with Crippen molar-refractivity contribution in [3.05, 3.63) is 51.8 Å². The zero-order valence-electron chi connectivity index (χ0n) is 14.8. The van der Waals surface area contributed by atoms with Crippen LogP contribution in [0.2, 0.25) is 10.0 Å². The number of halogens is 2. The summed E-state index contributed by atoms with van der Waals surface area (Å²) in [5, 5.41) is 1.21. The van der Waals surface area contributed by atoms with E-state index in [4.69, 9.17) is 23.2 Å². The van der Waals surface area contributed by atoms with Crippen molar-refractivity contribution >= 4 is 34.7 Å². The van der Waals surface area contributed by atoms with Gasteiger partial charge in [0.15, 0.2) is 5.78 Å². The largest absolute Gasteiger partial charge is 0.369 e. The van der Waals surface area contributed by atoms with Gasteiger partial charge in [-0.25, -0.2) is 0 Å². The van der Waals surface area contributed by atoms with E-state index in [0.717, 1.165) is 63.4 Å². The molecule has 0 spiro atoms. The Hall–Kier alpha value is -1.49. The zero-order valence-corrected chi connectivity index (χ0v) is 16.3. The molecular formula is C20H23Cl2N3O. The molecule has 4 rings (SSSR count). The number of carbonyl (C=O) groups is 1. The van der Waals surface area contributed by atoms with Crippen LogP contribution in [0.15, 0.2) is 30.5 Å². The van der Waals surface area contributed by atoms with Gasteiger partial charge in [0.25, 0.3) is 0 Å². The normalized spacial score (nSPS) is 18.2. The number of piperazine rings is 1. The number of carbonyl (C=O) groups excluding carboxylic acids is 1. The first kappa shape index (κ1) is 17.9. The summed E-state index contributed by atoms with van der Waals surface area (Å²) in [6, 6.07) is 7.84. The lowest BCUT2D eigenvalue weighted by atomic mass is 9.97. The Balaban J connectivity index is 1.32. The molecule has 2 aromatic rings. The smallest absolute Gasteiger partial charge is 0.164 e. The molecule has 1 saturated heterocycles. The van der Waals surface area contributed by atoms with E-state index in [0.29, 0.717) is 22.2 Å². The van der Waals surface area contributed by atoms with Crippen LogP contribution in [0.4, 0.5) is 5.69 Å². The molecule has 1 fully saturated rings. The molecule has 0 amide bonds. The van der Waals surface area contributed by atoms with Crippen molar-refractivity contribution in [3.63, 3.8) is 0 Å². The predicted molar refractivity (Wildman–Crippen MR) is 107 cm³/mol. The highest BCUT2D eigenvalue weighted by Crippen LogP contribution is 2.28. The van der Waals surface area contributed by atoms with E-state index < -0.39 is 0 Å². The molecule has 1 aromatic heterocycles. The van der Waals surface area contributed by atoms with Gasteiger partial charge in [0.05, 0.1) is 10.0 Å². The highest BCUT2D eigenvalue weighted by molar-refractivity contribution is 6.42. The van der Waals surface area contributed by atoms with E-state index in [1.807, 2.05) is 24.3 Å². The van der Waals surface area contributed by atoms with Crippen molar-refractivity contribution < 1.29 is 4.79 Å². The van der Waals surface area contributed by atoms with Crippen molar-refractivity contribution in [1.29, 1.82) is 0 Å². The summed E-state index contributed by atoms with van der Waals surface area (Å²) in [6.45, 7) is 6.01. The highest BCUT2D eigenvalue weighted by Gasteiger charge is 2.22. The average molecular weight is 392 g/mol. The third-order valence-corrected chi connectivity index (χ3v) is 6.23. The van der Waals surface area contributed by atoms with E-state index in [1.54, 1.807) is 0 Å². The van der Waals surface area contributed by atoms with Gasteiger partial charge >= 0.3 is 0 Å². The number of nitrogens with zero attached hydrogens (tertiary/aromatic N) is 3. The van der Waals surface area contributed by atoms with Gasteiger partial charge in [-0.15, -0.1) is 0 Å². The van der Waals surface area contributed by atoms with E-state index in [2.05, 4.69) is 20.6 Å². The maximum atomic E-state index is 12.0. The van der Waals surface area contributed by atoms with Crippen LogP contribution >= 0.6 is 23.2 Å². The Morgan fingerprint density at radius 2 is 1.73 bits per heavy atom. The van der Waals surface area contributed by atoms with Gasteiger partial charge < -0.3 is 9.47 Å². The summed E-state index contributed by atoms with van der Waals surface area (Å²) in [6.07, 6.45) is 4.80. The van der Waals surface area contributed by atoms with Crippen molar-refractivity contribution in [2.75, 3.05) is 37.6 Å². The molecule has 2 aliphatic rings. The summed E-state index contributed by atoms with van der Waals surface area (Å²) >= 11 is 12.2. The molecular weight excluding hydrogens is 369 g/mol. The first-order valence-corrected chi connectivity index (χ1v) is 10.0. The highest BCUT2D eigenvalue weighted by atomic mass is 35.5. The lowest BCUT2D eigenvalue weighted by molar-refractivity contribution is 0.0971. The van der Waals surface area contributed by atoms with Crippen LogP contribution in [0.3, 0.4) is 0 Å². The van der Waals surface area contributed by atoms with Crippen LogP contribution in [0.5, 0.6) is 0 Å². The summed E-state index contributed by atoms with van der Waals surface area (Å²) in [5.74, 6) is 0.306. The molecule has 0 radical (unpaired) electrons. The fourth-order valence-electron chi connectivity index (χ4n) is 3.96. The molecule has 138 valence electrons. The van der Waals surface area contributed by atoms with Gasteiger partial charge in [-0.05, 0) is 37.1 Å². The molecule has 4 nitrogen and oxygen atoms in total. The van der Waals surface area contributed by atoms with Crippen LogP contribution in [0.1, 0.15) is 28.9 Å². The lowest BCUT2D eigenvalue weighted by Crippen LogP contribution is -2.47. The van der Waals surface area contributed by atoms with Crippen LogP contribution in [0, 0.1) is 0 Å². The lowest BCUT2D eigenvalue weighted by Gasteiger charge is -2.36. The average Bonchev–Trinajstić information content (AvgIpc) is 3.07. The number of hydrogen-bond donors (Lipinski definition) is 0. The van der Waals surface area contributed by atoms with Gasteiger partial charge in [-0.1, -0.05) is 23.2 Å². The summed E-state index contributed by atoms with van der Waals surface area (Å²) in [5.41, 5.74) is 3.31. The Labute approximate surface area is 164 Å². The number of benzene rings is 1. The van der Waals surface area contributed by atoms with Crippen LogP contribution in [-0.4, -0.2) is 48.0 Å². The monoisotopic (exact) mass is 391 g/mol. The number of aromatic nitrogens is 1. The van der Waals surface area contributed by atoms with Crippen molar-refractivity contribution in [2.45, 2.75) is 25.8 Å². The second kappa shape index (κ2) is 7.63. The van der Waals surface area contributed by atoms with E-state index in [1.165, 1.54) is 5.69 Å². The Bertz CT molecular complexity index is 809. The van der Waals surface area contributed by atoms with Crippen LogP contribution in [-0.2, 0) is 13.0 Å². The summed E-state index contributed by atoms with van der Waals surface area (Å²) in [4.78, 5) is 16.8. The van der Waals surface area contributed by atoms with E-state index >= 15 is 0 Å². The first-order valence-electron chi connectivity index (χ1n) is 9.25. The standard InChI is InChI=1S/C20H23Cl2N3O/c21-17-5-4-15(14-18(17)22)24-11-8-23(9-12-24)10-13-25-7-6-16-19(25)2-1-3-20(16)26/h4-7,14H,1-3,8-13H2. The second-order valence-corrected chi connectivity index (χ2v) is 7.89. The number of ketones is 1. The van der Waals surface area contributed by atoms with Gasteiger partial charge in [0, 0.05) is 68.8 Å². The second-order valence-electron chi connectivity index (χ2n) is 7.07. The third kappa shape index (κ3) is 3.64. The van der Waals surface area contributed by atoms with E-state index in [9.17, 15) is 4.79 Å². The molecule has 1 aromatic carbocycles.